The zero-order chi connectivity index (χ0) is 18.6. The third-order valence-electron chi connectivity index (χ3n) is 4.58. The largest absolute Gasteiger partial charge is 0.497 e. The Bertz CT molecular complexity index is 533. The number of nitrogens with zero attached hydrogens (tertiary/aromatic N) is 3. The Balaban J connectivity index is 0.00000364. The first kappa shape index (κ1) is 23.8. The summed E-state index contributed by atoms with van der Waals surface area (Å²) in [4.78, 5) is 9.18. The van der Waals surface area contributed by atoms with Crippen LogP contribution in [-0.4, -0.2) is 84.5 Å². The van der Waals surface area contributed by atoms with Gasteiger partial charge in [-0.05, 0) is 37.2 Å². The topological polar surface area (TPSA) is 61.4 Å². The molecule has 0 radical (unpaired) electrons. The van der Waals surface area contributed by atoms with Crippen molar-refractivity contribution in [1.82, 2.24) is 15.5 Å². The van der Waals surface area contributed by atoms with Crippen molar-refractivity contribution < 1.29 is 9.47 Å². The van der Waals surface area contributed by atoms with Gasteiger partial charge in [-0.1, -0.05) is 0 Å². The van der Waals surface area contributed by atoms with Crippen molar-refractivity contribution in [3.8, 4) is 5.75 Å². The van der Waals surface area contributed by atoms with Crippen LogP contribution in [0.2, 0.25) is 0 Å². The van der Waals surface area contributed by atoms with E-state index < -0.39 is 0 Å². The van der Waals surface area contributed by atoms with Crippen molar-refractivity contribution in [3.63, 3.8) is 0 Å². The lowest BCUT2D eigenvalue weighted by Gasteiger charge is -2.36. The zero-order valence-electron chi connectivity index (χ0n) is 16.7. The lowest BCUT2D eigenvalue weighted by Crippen LogP contribution is -2.47. The summed E-state index contributed by atoms with van der Waals surface area (Å²) in [5.74, 6) is 1.75. The van der Waals surface area contributed by atoms with Gasteiger partial charge in [0.2, 0.25) is 0 Å². The van der Waals surface area contributed by atoms with Crippen LogP contribution in [0.5, 0.6) is 5.75 Å². The number of guanidine groups is 1. The van der Waals surface area contributed by atoms with Crippen molar-refractivity contribution >= 4 is 35.6 Å². The molecule has 0 aliphatic carbocycles. The monoisotopic (exact) mass is 491 g/mol. The van der Waals surface area contributed by atoms with Crippen molar-refractivity contribution in [2.75, 3.05) is 78.6 Å². The number of benzene rings is 1. The second kappa shape index (κ2) is 13.8. The molecule has 0 saturated carbocycles. The van der Waals surface area contributed by atoms with E-state index in [1.807, 2.05) is 12.1 Å². The molecule has 1 aliphatic heterocycles. The Kier molecular flexibility index (Phi) is 12.2. The fraction of sp³-hybridized carbons (Fsp3) is 0.632. The first-order valence-electron chi connectivity index (χ1n) is 9.31. The Morgan fingerprint density at radius 3 is 2.30 bits per heavy atom. The molecule has 1 aromatic carbocycles. The van der Waals surface area contributed by atoms with Gasteiger partial charge in [0.05, 0.1) is 13.7 Å². The summed E-state index contributed by atoms with van der Waals surface area (Å²) >= 11 is 0. The summed E-state index contributed by atoms with van der Waals surface area (Å²) in [6, 6.07) is 8.34. The number of piperazine rings is 1. The summed E-state index contributed by atoms with van der Waals surface area (Å²) in [6.45, 7) is 7.83. The molecule has 27 heavy (non-hydrogen) atoms. The maximum atomic E-state index is 5.23. The van der Waals surface area contributed by atoms with E-state index in [9.17, 15) is 0 Å². The number of ether oxygens (including phenoxy) is 2. The van der Waals surface area contributed by atoms with Crippen LogP contribution in [0.1, 0.15) is 6.42 Å². The lowest BCUT2D eigenvalue weighted by molar-refractivity contribution is 0.203. The van der Waals surface area contributed by atoms with Crippen molar-refractivity contribution in [1.29, 1.82) is 0 Å². The molecule has 1 saturated heterocycles. The smallest absolute Gasteiger partial charge is 0.191 e. The Labute approximate surface area is 180 Å². The maximum Gasteiger partial charge on any atom is 0.191 e. The minimum absolute atomic E-state index is 0. The highest BCUT2D eigenvalue weighted by molar-refractivity contribution is 14.0. The summed E-state index contributed by atoms with van der Waals surface area (Å²) in [6.07, 6.45) is 1.10. The summed E-state index contributed by atoms with van der Waals surface area (Å²) in [5, 5.41) is 6.57. The molecule has 154 valence electrons. The van der Waals surface area contributed by atoms with Gasteiger partial charge in [-0.3, -0.25) is 9.89 Å². The van der Waals surface area contributed by atoms with E-state index in [1.54, 1.807) is 21.3 Å². The van der Waals surface area contributed by atoms with Gasteiger partial charge in [-0.2, -0.15) is 0 Å². The van der Waals surface area contributed by atoms with Crippen LogP contribution in [0.15, 0.2) is 29.3 Å². The molecule has 8 heteroatoms. The fourth-order valence-electron chi connectivity index (χ4n) is 3.02. The minimum atomic E-state index is 0. The highest BCUT2D eigenvalue weighted by Gasteiger charge is 2.16. The van der Waals surface area contributed by atoms with Gasteiger partial charge in [0, 0.05) is 59.1 Å². The quantitative estimate of drug-likeness (QED) is 0.237. The predicted molar refractivity (Wildman–Crippen MR) is 123 cm³/mol. The zero-order valence-corrected chi connectivity index (χ0v) is 19.1. The number of hydrogen-bond donors (Lipinski definition) is 2. The molecule has 0 unspecified atom stereocenters. The van der Waals surface area contributed by atoms with Crippen molar-refractivity contribution in [2.45, 2.75) is 6.42 Å². The van der Waals surface area contributed by atoms with Gasteiger partial charge < -0.3 is 25.0 Å². The van der Waals surface area contributed by atoms with Crippen LogP contribution < -0.4 is 20.3 Å². The van der Waals surface area contributed by atoms with Gasteiger partial charge in [0.25, 0.3) is 0 Å². The molecule has 1 fully saturated rings. The predicted octanol–water partition coefficient (Wildman–Crippen LogP) is 1.64. The normalized spacial score (nSPS) is 15.2. The molecular formula is C19H34IN5O2. The number of hydrogen-bond acceptors (Lipinski definition) is 5. The van der Waals surface area contributed by atoms with E-state index in [0.29, 0.717) is 6.61 Å². The van der Waals surface area contributed by atoms with Crippen LogP contribution >= 0.6 is 24.0 Å². The Hall–Kier alpha value is -1.26. The Morgan fingerprint density at radius 2 is 1.70 bits per heavy atom. The molecule has 1 aliphatic rings. The first-order valence-corrected chi connectivity index (χ1v) is 9.31. The molecule has 0 amide bonds. The van der Waals surface area contributed by atoms with E-state index in [4.69, 9.17) is 9.47 Å². The van der Waals surface area contributed by atoms with Crippen molar-refractivity contribution in [3.05, 3.63) is 24.3 Å². The van der Waals surface area contributed by atoms with Gasteiger partial charge in [0.15, 0.2) is 5.96 Å². The first-order chi connectivity index (χ1) is 12.8. The number of rotatable bonds is 9. The van der Waals surface area contributed by atoms with Crippen LogP contribution in [-0.2, 0) is 4.74 Å². The number of aliphatic imine (C=N–C) groups is 1. The van der Waals surface area contributed by atoms with Gasteiger partial charge >= 0.3 is 0 Å². The standard InChI is InChI=1S/C19H33N5O2.HI/c1-20-19(22-10-16-25-2)21-9-4-11-23-12-14-24(15-13-23)17-5-7-18(26-3)8-6-17;/h5-8H,4,9-16H2,1-3H3,(H2,20,21,22);1H. The Morgan fingerprint density at radius 1 is 1.04 bits per heavy atom. The van der Waals surface area contributed by atoms with E-state index in [2.05, 4.69) is 37.6 Å². The highest BCUT2D eigenvalue weighted by atomic mass is 127. The molecule has 2 N–H and O–H groups in total. The fourth-order valence-corrected chi connectivity index (χ4v) is 3.02. The summed E-state index contributed by atoms with van der Waals surface area (Å²) in [5.41, 5.74) is 1.28. The van der Waals surface area contributed by atoms with Crippen molar-refractivity contribution in [2.24, 2.45) is 4.99 Å². The van der Waals surface area contributed by atoms with E-state index in [-0.39, 0.29) is 24.0 Å². The summed E-state index contributed by atoms with van der Waals surface area (Å²) < 4.78 is 10.3. The second-order valence-corrected chi connectivity index (χ2v) is 6.30. The van der Waals surface area contributed by atoms with Crippen LogP contribution in [0.3, 0.4) is 0 Å². The molecule has 0 spiro atoms. The van der Waals surface area contributed by atoms with Gasteiger partial charge in [-0.15, -0.1) is 24.0 Å². The second-order valence-electron chi connectivity index (χ2n) is 6.30. The number of anilines is 1. The average Bonchev–Trinajstić information content (AvgIpc) is 2.70. The van der Waals surface area contributed by atoms with E-state index in [1.165, 1.54) is 5.69 Å². The van der Waals surface area contributed by atoms with Gasteiger partial charge in [0.1, 0.15) is 5.75 Å². The molecule has 1 aromatic rings. The molecule has 7 nitrogen and oxygen atoms in total. The van der Waals surface area contributed by atoms with Crippen LogP contribution in [0.4, 0.5) is 5.69 Å². The van der Waals surface area contributed by atoms with Gasteiger partial charge in [-0.25, -0.2) is 0 Å². The molecule has 0 bridgehead atoms. The number of nitrogens with one attached hydrogen (secondary N) is 2. The highest BCUT2D eigenvalue weighted by Crippen LogP contribution is 2.20. The molecule has 0 atom stereocenters. The summed E-state index contributed by atoms with van der Waals surface area (Å²) in [7, 11) is 5.19. The molecular weight excluding hydrogens is 457 g/mol. The number of halogens is 1. The molecule has 1 heterocycles. The van der Waals surface area contributed by atoms with E-state index in [0.717, 1.165) is 63.9 Å². The maximum absolute atomic E-state index is 5.23. The molecule has 2 rings (SSSR count). The third-order valence-corrected chi connectivity index (χ3v) is 4.58. The SMILES string of the molecule is CN=C(NCCCN1CCN(c2ccc(OC)cc2)CC1)NCCOC.I. The molecule has 0 aromatic heterocycles. The van der Waals surface area contributed by atoms with Crippen LogP contribution in [0.25, 0.3) is 0 Å². The third kappa shape index (κ3) is 8.52. The minimum Gasteiger partial charge on any atom is -0.497 e. The van der Waals surface area contributed by atoms with E-state index >= 15 is 0 Å². The van der Waals surface area contributed by atoms with Crippen LogP contribution in [0, 0.1) is 0 Å². The average molecular weight is 491 g/mol. The lowest BCUT2D eigenvalue weighted by atomic mass is 10.2. The number of methoxy groups -OCH3 is 2.